The van der Waals surface area contributed by atoms with Gasteiger partial charge in [-0.3, -0.25) is 19.4 Å². The summed E-state index contributed by atoms with van der Waals surface area (Å²) in [5, 5.41) is 0. The molecule has 88 valence electrons. The van der Waals surface area contributed by atoms with Gasteiger partial charge in [-0.15, -0.1) is 0 Å². The van der Waals surface area contributed by atoms with Crippen LogP contribution >= 0.6 is 0 Å². The van der Waals surface area contributed by atoms with E-state index in [-0.39, 0.29) is 11.8 Å². The molecule has 1 saturated heterocycles. The fourth-order valence-corrected chi connectivity index (χ4v) is 3.04. The second-order valence-corrected chi connectivity index (χ2v) is 5.04. The van der Waals surface area contributed by atoms with Gasteiger partial charge in [-0.2, -0.15) is 0 Å². The van der Waals surface area contributed by atoms with Crippen LogP contribution in [0.1, 0.15) is 40.5 Å². The highest BCUT2D eigenvalue weighted by Crippen LogP contribution is 2.55. The lowest BCUT2D eigenvalue weighted by atomic mass is 9.62. The van der Waals surface area contributed by atoms with Gasteiger partial charge < -0.3 is 0 Å². The van der Waals surface area contributed by atoms with Crippen LogP contribution in [-0.2, 0) is 9.59 Å². The minimum absolute atomic E-state index is 0.290. The lowest BCUT2D eigenvalue weighted by molar-refractivity contribution is -0.140. The third kappa shape index (κ3) is 0.936. The third-order valence-corrected chi connectivity index (χ3v) is 4.26. The summed E-state index contributed by atoms with van der Waals surface area (Å²) in [5.41, 5.74) is -1.05. The topological polar surface area (TPSA) is 57.7 Å². The second-order valence-electron chi connectivity index (χ2n) is 5.04. The maximum absolute atomic E-state index is 12.1. The van der Waals surface area contributed by atoms with E-state index in [0.717, 1.165) is 12.8 Å². The van der Waals surface area contributed by atoms with Crippen molar-refractivity contribution in [3.05, 3.63) is 0 Å². The molecule has 5 heteroatoms. The van der Waals surface area contributed by atoms with Crippen molar-refractivity contribution in [1.29, 1.82) is 0 Å². The molecule has 0 N–H and O–H groups in total. The summed E-state index contributed by atoms with van der Waals surface area (Å²) in [6.07, 6.45) is 1.52. The van der Waals surface area contributed by atoms with E-state index in [1.807, 2.05) is 13.8 Å². The molecule has 1 aliphatic carbocycles. The Labute approximate surface area is 94.4 Å². The standard InChI is InChI=1S/C11H16N2O3/c1-7(14)12-9(16)13(8(2)15)11(4)6-5-10(11,12)3/h5-6H2,1-4H3/t10-,11+. The zero-order chi connectivity index (χ0) is 12.3. The summed E-state index contributed by atoms with van der Waals surface area (Å²) in [4.78, 5) is 37.6. The summed E-state index contributed by atoms with van der Waals surface area (Å²) in [5.74, 6) is -0.579. The van der Waals surface area contributed by atoms with Crippen molar-refractivity contribution in [3.63, 3.8) is 0 Å². The number of carbonyl (C=O) groups excluding carboxylic acids is 3. The molecule has 0 aromatic carbocycles. The smallest absolute Gasteiger partial charge is 0.275 e. The first-order valence-electron chi connectivity index (χ1n) is 5.41. The molecule has 0 bridgehead atoms. The average Bonchev–Trinajstić information content (AvgIpc) is 2.24. The molecule has 0 aromatic rings. The number of hydrogen-bond donors (Lipinski definition) is 0. The Morgan fingerprint density at radius 2 is 1.31 bits per heavy atom. The van der Waals surface area contributed by atoms with E-state index in [9.17, 15) is 14.4 Å². The number of imide groups is 2. The fraction of sp³-hybridized carbons (Fsp3) is 0.727. The van der Waals surface area contributed by atoms with Crippen molar-refractivity contribution in [3.8, 4) is 0 Å². The molecule has 1 aliphatic heterocycles. The van der Waals surface area contributed by atoms with Crippen LogP contribution in [0.3, 0.4) is 0 Å². The zero-order valence-corrected chi connectivity index (χ0v) is 10.0. The number of carbonyl (C=O) groups is 3. The Morgan fingerprint density at radius 1 is 1.00 bits per heavy atom. The largest absolute Gasteiger partial charge is 0.334 e. The van der Waals surface area contributed by atoms with Gasteiger partial charge in [-0.1, -0.05) is 0 Å². The molecule has 0 unspecified atom stereocenters. The summed E-state index contributed by atoms with van der Waals surface area (Å²) >= 11 is 0. The van der Waals surface area contributed by atoms with Gasteiger partial charge in [0.25, 0.3) is 0 Å². The number of rotatable bonds is 0. The minimum Gasteiger partial charge on any atom is -0.275 e. The van der Waals surface area contributed by atoms with E-state index in [4.69, 9.17) is 0 Å². The van der Waals surface area contributed by atoms with E-state index in [1.54, 1.807) is 0 Å². The summed E-state index contributed by atoms with van der Waals surface area (Å²) in [6.45, 7) is 6.48. The number of urea groups is 1. The monoisotopic (exact) mass is 224 g/mol. The molecule has 0 radical (unpaired) electrons. The van der Waals surface area contributed by atoms with Crippen LogP contribution in [-0.4, -0.2) is 38.7 Å². The van der Waals surface area contributed by atoms with E-state index >= 15 is 0 Å². The Kier molecular flexibility index (Phi) is 1.97. The molecule has 1 saturated carbocycles. The van der Waals surface area contributed by atoms with Crippen molar-refractivity contribution in [2.75, 3.05) is 0 Å². The Morgan fingerprint density at radius 3 is 1.44 bits per heavy atom. The van der Waals surface area contributed by atoms with E-state index in [1.165, 1.54) is 23.6 Å². The van der Waals surface area contributed by atoms with Crippen molar-refractivity contribution >= 4 is 17.8 Å². The lowest BCUT2D eigenvalue weighted by Crippen LogP contribution is -2.67. The Hall–Kier alpha value is -1.39. The first kappa shape index (κ1) is 11.1. The average molecular weight is 224 g/mol. The molecule has 0 aromatic heterocycles. The number of nitrogens with zero attached hydrogens (tertiary/aromatic N) is 2. The first-order valence-corrected chi connectivity index (χ1v) is 5.41. The molecule has 0 spiro atoms. The van der Waals surface area contributed by atoms with E-state index in [0.29, 0.717) is 0 Å². The van der Waals surface area contributed by atoms with Gasteiger partial charge >= 0.3 is 6.03 Å². The lowest BCUT2D eigenvalue weighted by Gasteiger charge is -2.54. The number of hydrogen-bond acceptors (Lipinski definition) is 3. The number of fused-ring (bicyclic) bond motifs is 1. The SMILES string of the molecule is CC(=O)N1C(=O)N(C(C)=O)[C@@]2(C)CC[C@@]12C. The third-order valence-electron chi connectivity index (χ3n) is 4.26. The van der Waals surface area contributed by atoms with Crippen LogP contribution in [0.2, 0.25) is 0 Å². The van der Waals surface area contributed by atoms with Crippen LogP contribution in [0.5, 0.6) is 0 Å². The molecule has 1 heterocycles. The highest BCUT2D eigenvalue weighted by atomic mass is 16.2. The maximum Gasteiger partial charge on any atom is 0.334 e. The molecule has 2 atom stereocenters. The van der Waals surface area contributed by atoms with Crippen molar-refractivity contribution < 1.29 is 14.4 Å². The van der Waals surface area contributed by atoms with Crippen molar-refractivity contribution in [1.82, 2.24) is 9.80 Å². The fourth-order valence-electron chi connectivity index (χ4n) is 3.04. The molecular formula is C11H16N2O3. The number of amides is 4. The zero-order valence-electron chi connectivity index (χ0n) is 10.0. The second kappa shape index (κ2) is 2.84. The van der Waals surface area contributed by atoms with E-state index < -0.39 is 17.1 Å². The van der Waals surface area contributed by atoms with Gasteiger partial charge in [-0.05, 0) is 26.7 Å². The van der Waals surface area contributed by atoms with Gasteiger partial charge in [-0.25, -0.2) is 4.79 Å². The van der Waals surface area contributed by atoms with Gasteiger partial charge in [0.2, 0.25) is 11.8 Å². The highest BCUT2D eigenvalue weighted by Gasteiger charge is 2.70. The van der Waals surface area contributed by atoms with Gasteiger partial charge in [0, 0.05) is 13.8 Å². The minimum atomic E-state index is -0.526. The van der Waals surface area contributed by atoms with Crippen LogP contribution in [0.15, 0.2) is 0 Å². The van der Waals surface area contributed by atoms with E-state index in [2.05, 4.69) is 0 Å². The highest BCUT2D eigenvalue weighted by molar-refractivity contribution is 6.05. The Balaban J connectivity index is 2.52. The maximum atomic E-state index is 12.1. The predicted octanol–water partition coefficient (Wildman–Crippen LogP) is 1.13. The van der Waals surface area contributed by atoms with Crippen LogP contribution in [0, 0.1) is 0 Å². The van der Waals surface area contributed by atoms with Crippen LogP contribution < -0.4 is 0 Å². The van der Waals surface area contributed by atoms with Crippen LogP contribution in [0.25, 0.3) is 0 Å². The van der Waals surface area contributed by atoms with Crippen molar-refractivity contribution in [2.24, 2.45) is 0 Å². The molecule has 2 aliphatic rings. The quantitative estimate of drug-likeness (QED) is 0.619. The molecule has 2 fully saturated rings. The van der Waals surface area contributed by atoms with Gasteiger partial charge in [0.1, 0.15) is 0 Å². The Bertz CT molecular complexity index is 370. The molecule has 16 heavy (non-hydrogen) atoms. The first-order chi connectivity index (χ1) is 7.25. The summed E-state index contributed by atoms with van der Waals surface area (Å²) in [6, 6.07) is -0.470. The molecule has 2 rings (SSSR count). The normalized spacial score (nSPS) is 37.1. The summed E-state index contributed by atoms with van der Waals surface area (Å²) < 4.78 is 0. The molecular weight excluding hydrogens is 208 g/mol. The van der Waals surface area contributed by atoms with Gasteiger partial charge in [0.15, 0.2) is 0 Å². The molecule has 4 amide bonds. The predicted molar refractivity (Wildman–Crippen MR) is 56.5 cm³/mol. The molecule has 5 nitrogen and oxygen atoms in total. The van der Waals surface area contributed by atoms with Crippen LogP contribution in [0.4, 0.5) is 4.79 Å². The summed E-state index contributed by atoms with van der Waals surface area (Å²) in [7, 11) is 0. The van der Waals surface area contributed by atoms with Gasteiger partial charge in [0.05, 0.1) is 11.1 Å². The van der Waals surface area contributed by atoms with Crippen molar-refractivity contribution in [2.45, 2.75) is 51.6 Å².